The summed E-state index contributed by atoms with van der Waals surface area (Å²) in [5.74, 6) is -2.15. The van der Waals surface area contributed by atoms with Gasteiger partial charge in [-0.3, -0.25) is 4.79 Å². The van der Waals surface area contributed by atoms with Crippen molar-refractivity contribution in [3.05, 3.63) is 41.4 Å². The fourth-order valence-electron chi connectivity index (χ4n) is 2.85. The van der Waals surface area contributed by atoms with E-state index in [0.29, 0.717) is 6.42 Å². The molecular formula is C19H24FNO5. The number of carbonyl (C=O) groups is 2. The van der Waals surface area contributed by atoms with Gasteiger partial charge in [0.15, 0.2) is 11.6 Å². The van der Waals surface area contributed by atoms with Crippen molar-refractivity contribution in [2.45, 2.75) is 45.8 Å². The zero-order valence-corrected chi connectivity index (χ0v) is 15.3. The molecule has 0 saturated heterocycles. The highest BCUT2D eigenvalue weighted by Crippen LogP contribution is 2.30. The number of ether oxygens (including phenoxy) is 1. The minimum Gasteiger partial charge on any atom is -0.480 e. The molecule has 1 amide bonds. The summed E-state index contributed by atoms with van der Waals surface area (Å²) in [6, 6.07) is 3.42. The van der Waals surface area contributed by atoms with Crippen LogP contribution in [0.3, 0.4) is 0 Å². The molecule has 1 heterocycles. The van der Waals surface area contributed by atoms with Crippen LogP contribution in [-0.4, -0.2) is 39.6 Å². The molecule has 6 nitrogen and oxygen atoms in total. The minimum atomic E-state index is -1.39. The number of aliphatic carboxylic acids is 1. The van der Waals surface area contributed by atoms with E-state index in [9.17, 15) is 24.2 Å². The van der Waals surface area contributed by atoms with Gasteiger partial charge >= 0.3 is 5.97 Å². The predicted octanol–water partition coefficient (Wildman–Crippen LogP) is 2.66. The highest BCUT2D eigenvalue weighted by Gasteiger charge is 2.35. The molecular weight excluding hydrogens is 341 g/mol. The van der Waals surface area contributed by atoms with E-state index in [4.69, 9.17) is 4.74 Å². The third kappa shape index (κ3) is 4.40. The number of aliphatic hydroxyl groups is 1. The van der Waals surface area contributed by atoms with Crippen LogP contribution in [0.15, 0.2) is 30.0 Å². The zero-order chi connectivity index (χ0) is 19.6. The third-order valence-electron chi connectivity index (χ3n) is 4.11. The van der Waals surface area contributed by atoms with E-state index in [1.807, 2.05) is 13.8 Å². The minimum absolute atomic E-state index is 0.0469. The lowest BCUT2D eigenvalue weighted by Gasteiger charge is -2.26. The monoisotopic (exact) mass is 365 g/mol. The Kier molecular flexibility index (Phi) is 5.71. The molecule has 0 aliphatic carbocycles. The van der Waals surface area contributed by atoms with Gasteiger partial charge in [0.05, 0.1) is 12.1 Å². The summed E-state index contributed by atoms with van der Waals surface area (Å²) in [4.78, 5) is 24.9. The molecule has 0 radical (unpaired) electrons. The second-order valence-corrected chi connectivity index (χ2v) is 7.34. The number of benzene rings is 1. The molecule has 1 atom stereocenters. The Bertz CT molecular complexity index is 736. The lowest BCUT2D eigenvalue weighted by molar-refractivity contribution is -0.148. The van der Waals surface area contributed by atoms with Crippen molar-refractivity contribution >= 4 is 11.9 Å². The van der Waals surface area contributed by atoms with Crippen LogP contribution >= 0.6 is 0 Å². The van der Waals surface area contributed by atoms with Gasteiger partial charge in [-0.1, -0.05) is 26.0 Å². The van der Waals surface area contributed by atoms with Gasteiger partial charge in [-0.2, -0.15) is 0 Å². The van der Waals surface area contributed by atoms with Crippen LogP contribution in [0.2, 0.25) is 0 Å². The molecule has 2 rings (SSSR count). The van der Waals surface area contributed by atoms with Crippen molar-refractivity contribution < 1.29 is 28.9 Å². The molecule has 7 heteroatoms. The highest BCUT2D eigenvalue weighted by atomic mass is 19.1. The molecule has 0 bridgehead atoms. The number of carboxylic acid groups (broad SMARTS) is 1. The van der Waals surface area contributed by atoms with Crippen molar-refractivity contribution in [1.29, 1.82) is 0 Å². The standard InChI is InChI=1S/C19H24FNO5/c1-11(2)8-14(18(23)24)21-10-12(9-16(21)22)26-15-7-5-6-13(17(15)20)19(3,4)25/h5-7,9,11,14,25H,8,10H2,1-4H3,(H,23,24)/t14-/m0/s1. The lowest BCUT2D eigenvalue weighted by Crippen LogP contribution is -2.43. The maximum absolute atomic E-state index is 14.6. The van der Waals surface area contributed by atoms with Gasteiger partial charge in [0.25, 0.3) is 5.91 Å². The van der Waals surface area contributed by atoms with Gasteiger partial charge < -0.3 is 19.8 Å². The number of carbonyl (C=O) groups excluding carboxylic acids is 1. The maximum Gasteiger partial charge on any atom is 0.326 e. The number of halogens is 1. The first-order chi connectivity index (χ1) is 12.0. The molecule has 1 aliphatic heterocycles. The molecule has 0 unspecified atom stereocenters. The van der Waals surface area contributed by atoms with Gasteiger partial charge in [0.1, 0.15) is 11.8 Å². The Hall–Kier alpha value is -2.41. The summed E-state index contributed by atoms with van der Waals surface area (Å²) in [6.45, 7) is 6.61. The average molecular weight is 365 g/mol. The summed E-state index contributed by atoms with van der Waals surface area (Å²) in [5, 5.41) is 19.4. The molecule has 26 heavy (non-hydrogen) atoms. The molecule has 1 aliphatic rings. The van der Waals surface area contributed by atoms with Gasteiger partial charge in [0, 0.05) is 11.6 Å². The van der Waals surface area contributed by atoms with E-state index in [0.717, 1.165) is 0 Å². The average Bonchev–Trinajstić information content (AvgIpc) is 2.85. The summed E-state index contributed by atoms with van der Waals surface area (Å²) in [5.41, 5.74) is -1.32. The van der Waals surface area contributed by atoms with Crippen LogP contribution < -0.4 is 4.74 Å². The highest BCUT2D eigenvalue weighted by molar-refractivity contribution is 5.94. The number of amides is 1. The first-order valence-corrected chi connectivity index (χ1v) is 8.44. The quantitative estimate of drug-likeness (QED) is 0.776. The van der Waals surface area contributed by atoms with E-state index >= 15 is 0 Å². The van der Waals surface area contributed by atoms with E-state index in [2.05, 4.69) is 0 Å². The van der Waals surface area contributed by atoms with Crippen molar-refractivity contribution in [3.63, 3.8) is 0 Å². The van der Waals surface area contributed by atoms with Crippen molar-refractivity contribution in [1.82, 2.24) is 4.90 Å². The molecule has 142 valence electrons. The van der Waals surface area contributed by atoms with Gasteiger partial charge in [-0.05, 0) is 32.3 Å². The predicted molar refractivity (Wildman–Crippen MR) is 92.9 cm³/mol. The number of nitrogens with zero attached hydrogens (tertiary/aromatic N) is 1. The Morgan fingerprint density at radius 2 is 2.04 bits per heavy atom. The molecule has 0 fully saturated rings. The smallest absolute Gasteiger partial charge is 0.326 e. The van der Waals surface area contributed by atoms with Crippen molar-refractivity contribution in [3.8, 4) is 5.75 Å². The molecule has 2 N–H and O–H groups in total. The molecule has 0 spiro atoms. The van der Waals surface area contributed by atoms with Crippen LogP contribution in [0.25, 0.3) is 0 Å². The van der Waals surface area contributed by atoms with Gasteiger partial charge in [-0.15, -0.1) is 0 Å². The van der Waals surface area contributed by atoms with Crippen LogP contribution in [-0.2, 0) is 15.2 Å². The Morgan fingerprint density at radius 1 is 1.38 bits per heavy atom. The molecule has 1 aromatic rings. The number of rotatable bonds is 7. The van der Waals surface area contributed by atoms with Gasteiger partial charge in [0.2, 0.25) is 0 Å². The molecule has 0 aromatic heterocycles. The fourth-order valence-corrected chi connectivity index (χ4v) is 2.85. The number of hydrogen-bond acceptors (Lipinski definition) is 4. The first-order valence-electron chi connectivity index (χ1n) is 8.44. The van der Waals surface area contributed by atoms with Crippen molar-refractivity contribution in [2.24, 2.45) is 5.92 Å². The van der Waals surface area contributed by atoms with Crippen LogP contribution in [0, 0.1) is 11.7 Å². The summed E-state index contributed by atoms with van der Waals surface area (Å²) < 4.78 is 20.1. The summed E-state index contributed by atoms with van der Waals surface area (Å²) in [7, 11) is 0. The molecule has 1 aromatic carbocycles. The number of carboxylic acids is 1. The number of hydrogen-bond donors (Lipinski definition) is 2. The third-order valence-corrected chi connectivity index (χ3v) is 4.11. The lowest BCUT2D eigenvalue weighted by atomic mass is 9.97. The zero-order valence-electron chi connectivity index (χ0n) is 15.3. The van der Waals surface area contributed by atoms with Crippen LogP contribution in [0.4, 0.5) is 4.39 Å². The largest absolute Gasteiger partial charge is 0.480 e. The van der Waals surface area contributed by atoms with Crippen molar-refractivity contribution in [2.75, 3.05) is 6.54 Å². The second kappa shape index (κ2) is 7.45. The topological polar surface area (TPSA) is 87.1 Å². The van der Waals surface area contributed by atoms with E-state index in [-0.39, 0.29) is 29.5 Å². The Labute approximate surface area is 151 Å². The van der Waals surface area contributed by atoms with Crippen LogP contribution in [0.5, 0.6) is 5.75 Å². The normalized spacial score (nSPS) is 16.0. The fraction of sp³-hybridized carbons (Fsp3) is 0.474. The maximum atomic E-state index is 14.6. The Balaban J connectivity index is 2.19. The SMILES string of the molecule is CC(C)C[C@@H](C(=O)O)N1CC(Oc2cccc(C(C)(C)O)c2F)=CC1=O. The Morgan fingerprint density at radius 3 is 2.58 bits per heavy atom. The first kappa shape index (κ1) is 19.9. The summed E-state index contributed by atoms with van der Waals surface area (Å²) >= 11 is 0. The van der Waals surface area contributed by atoms with Gasteiger partial charge in [-0.25, -0.2) is 9.18 Å². The second-order valence-electron chi connectivity index (χ2n) is 7.34. The molecule has 0 saturated carbocycles. The van der Waals surface area contributed by atoms with E-state index in [1.165, 1.54) is 37.0 Å². The summed E-state index contributed by atoms with van der Waals surface area (Å²) in [6.07, 6.45) is 1.48. The van der Waals surface area contributed by atoms with E-state index in [1.54, 1.807) is 6.07 Å². The van der Waals surface area contributed by atoms with E-state index < -0.39 is 29.3 Å². The van der Waals surface area contributed by atoms with Crippen LogP contribution in [0.1, 0.15) is 39.7 Å².